The Hall–Kier alpha value is -3.29. The second-order valence-corrected chi connectivity index (χ2v) is 5.42. The molecule has 0 saturated heterocycles. The quantitative estimate of drug-likeness (QED) is 0.574. The second kappa shape index (κ2) is 8.70. The minimum atomic E-state index is -0.753. The highest BCUT2D eigenvalue weighted by Crippen LogP contribution is 2.27. The second-order valence-electron chi connectivity index (χ2n) is 5.42. The Morgan fingerprint density at radius 3 is 2.35 bits per heavy atom. The number of nitrogens with one attached hydrogen (secondary N) is 1. The number of nitro groups is 1. The first-order chi connectivity index (χ1) is 12.4. The molecule has 1 N–H and O–H groups in total. The van der Waals surface area contributed by atoms with E-state index in [2.05, 4.69) is 5.32 Å². The fourth-order valence-electron chi connectivity index (χ4n) is 2.23. The molecular formula is C18H20N2O6. The van der Waals surface area contributed by atoms with Gasteiger partial charge in [0.05, 0.1) is 19.1 Å². The Balaban J connectivity index is 1.91. The summed E-state index contributed by atoms with van der Waals surface area (Å²) < 4.78 is 15.9. The maximum atomic E-state index is 12.2. The zero-order valence-electron chi connectivity index (χ0n) is 14.7. The molecular weight excluding hydrogens is 340 g/mol. The van der Waals surface area contributed by atoms with Gasteiger partial charge in [0.1, 0.15) is 5.75 Å². The van der Waals surface area contributed by atoms with Crippen LogP contribution in [0.3, 0.4) is 0 Å². The van der Waals surface area contributed by atoms with E-state index in [9.17, 15) is 14.9 Å². The highest BCUT2D eigenvalue weighted by molar-refractivity contribution is 5.80. The molecule has 2 rings (SSSR count). The Kier molecular flexibility index (Phi) is 6.37. The van der Waals surface area contributed by atoms with Gasteiger partial charge in [0, 0.05) is 18.7 Å². The van der Waals surface area contributed by atoms with Crippen molar-refractivity contribution in [1.29, 1.82) is 0 Å². The van der Waals surface area contributed by atoms with Gasteiger partial charge in [-0.05, 0) is 36.8 Å². The van der Waals surface area contributed by atoms with Gasteiger partial charge in [-0.25, -0.2) is 0 Å². The molecule has 0 aliphatic heterocycles. The first-order valence-electron chi connectivity index (χ1n) is 7.84. The molecule has 26 heavy (non-hydrogen) atoms. The van der Waals surface area contributed by atoms with Crippen LogP contribution in [0.2, 0.25) is 0 Å². The number of carbonyl (C=O) groups excluding carboxylic acids is 1. The molecule has 0 radical (unpaired) electrons. The summed E-state index contributed by atoms with van der Waals surface area (Å²) in [5.41, 5.74) is 0.807. The van der Waals surface area contributed by atoms with Gasteiger partial charge >= 0.3 is 0 Å². The summed E-state index contributed by atoms with van der Waals surface area (Å²) in [6.45, 7) is 1.90. The summed E-state index contributed by atoms with van der Waals surface area (Å²) in [7, 11) is 3.09. The number of nitrogens with zero attached hydrogens (tertiary/aromatic N) is 1. The van der Waals surface area contributed by atoms with Gasteiger partial charge < -0.3 is 19.5 Å². The molecule has 1 amide bonds. The summed E-state index contributed by atoms with van der Waals surface area (Å²) in [6.07, 6.45) is -0.753. The number of nitro benzene ring substituents is 1. The van der Waals surface area contributed by atoms with Crippen molar-refractivity contribution in [2.75, 3.05) is 14.2 Å². The molecule has 0 heterocycles. The lowest BCUT2D eigenvalue weighted by molar-refractivity contribution is -0.384. The molecule has 8 heteroatoms. The van der Waals surface area contributed by atoms with Gasteiger partial charge in [0.15, 0.2) is 17.6 Å². The third kappa shape index (κ3) is 4.85. The molecule has 0 aromatic heterocycles. The summed E-state index contributed by atoms with van der Waals surface area (Å²) in [6, 6.07) is 10.9. The van der Waals surface area contributed by atoms with Crippen molar-refractivity contribution in [3.8, 4) is 17.2 Å². The number of benzene rings is 2. The molecule has 0 aliphatic rings. The van der Waals surface area contributed by atoms with Gasteiger partial charge in [-0.3, -0.25) is 14.9 Å². The van der Waals surface area contributed by atoms with Crippen LogP contribution >= 0.6 is 0 Å². The molecule has 0 fully saturated rings. The Bertz CT molecular complexity index is 776. The van der Waals surface area contributed by atoms with Crippen molar-refractivity contribution in [2.45, 2.75) is 19.6 Å². The van der Waals surface area contributed by atoms with E-state index in [0.717, 1.165) is 5.56 Å². The molecule has 0 spiro atoms. The lowest BCUT2D eigenvalue weighted by atomic mass is 10.2. The van der Waals surface area contributed by atoms with Gasteiger partial charge in [-0.15, -0.1) is 0 Å². The zero-order chi connectivity index (χ0) is 19.1. The van der Waals surface area contributed by atoms with E-state index in [1.54, 1.807) is 33.3 Å². The predicted molar refractivity (Wildman–Crippen MR) is 94.6 cm³/mol. The fourth-order valence-corrected chi connectivity index (χ4v) is 2.23. The molecule has 1 atom stereocenters. The molecule has 2 aromatic rings. The van der Waals surface area contributed by atoms with Crippen LogP contribution in [0.4, 0.5) is 5.69 Å². The molecule has 0 bridgehead atoms. The van der Waals surface area contributed by atoms with E-state index in [1.807, 2.05) is 6.07 Å². The van der Waals surface area contributed by atoms with E-state index in [0.29, 0.717) is 23.8 Å². The summed E-state index contributed by atoms with van der Waals surface area (Å²) in [4.78, 5) is 22.3. The SMILES string of the molecule is COc1ccc(CNC(=O)[C@H](C)Oc2ccc([N+](=O)[O-])cc2)cc1OC. The van der Waals surface area contributed by atoms with Crippen LogP contribution in [0.5, 0.6) is 17.2 Å². The van der Waals surface area contributed by atoms with Gasteiger partial charge in [0.25, 0.3) is 11.6 Å². The van der Waals surface area contributed by atoms with Crippen LogP contribution < -0.4 is 19.5 Å². The third-order valence-corrected chi connectivity index (χ3v) is 3.64. The van der Waals surface area contributed by atoms with E-state index < -0.39 is 11.0 Å². The summed E-state index contributed by atoms with van der Waals surface area (Å²) in [5, 5.41) is 13.4. The number of rotatable bonds is 8. The van der Waals surface area contributed by atoms with Crippen molar-refractivity contribution >= 4 is 11.6 Å². The van der Waals surface area contributed by atoms with E-state index in [-0.39, 0.29) is 11.6 Å². The van der Waals surface area contributed by atoms with E-state index in [1.165, 1.54) is 24.3 Å². The van der Waals surface area contributed by atoms with Crippen molar-refractivity contribution < 1.29 is 23.9 Å². The Morgan fingerprint density at radius 2 is 1.77 bits per heavy atom. The standard InChI is InChI=1S/C18H20N2O6/c1-12(26-15-7-5-14(6-8-15)20(22)23)18(21)19-11-13-4-9-16(24-2)17(10-13)25-3/h4-10,12H,11H2,1-3H3,(H,19,21)/t12-/m0/s1. The molecule has 8 nitrogen and oxygen atoms in total. The molecule has 0 unspecified atom stereocenters. The fraction of sp³-hybridized carbons (Fsp3) is 0.278. The largest absolute Gasteiger partial charge is 0.493 e. The Labute approximate surface area is 150 Å². The Morgan fingerprint density at radius 1 is 1.12 bits per heavy atom. The highest BCUT2D eigenvalue weighted by Gasteiger charge is 2.15. The van der Waals surface area contributed by atoms with Crippen molar-refractivity contribution in [3.05, 3.63) is 58.1 Å². The van der Waals surface area contributed by atoms with Crippen molar-refractivity contribution in [1.82, 2.24) is 5.32 Å². The topological polar surface area (TPSA) is 99.9 Å². The van der Waals surface area contributed by atoms with Gasteiger partial charge in [0.2, 0.25) is 0 Å². The average molecular weight is 360 g/mol. The first kappa shape index (κ1) is 19.0. The number of carbonyl (C=O) groups is 1. The number of non-ortho nitro benzene ring substituents is 1. The first-order valence-corrected chi connectivity index (χ1v) is 7.84. The minimum absolute atomic E-state index is 0.0390. The lowest BCUT2D eigenvalue weighted by Crippen LogP contribution is -2.35. The van der Waals surface area contributed by atoms with Crippen molar-refractivity contribution in [2.24, 2.45) is 0 Å². The van der Waals surface area contributed by atoms with Crippen LogP contribution in [0, 0.1) is 10.1 Å². The number of hydrogen-bond acceptors (Lipinski definition) is 6. The van der Waals surface area contributed by atoms with Crippen LogP contribution in [0.1, 0.15) is 12.5 Å². The number of hydrogen-bond donors (Lipinski definition) is 1. The smallest absolute Gasteiger partial charge is 0.269 e. The van der Waals surface area contributed by atoms with Crippen molar-refractivity contribution in [3.63, 3.8) is 0 Å². The van der Waals surface area contributed by atoms with E-state index >= 15 is 0 Å². The van der Waals surface area contributed by atoms with Crippen LogP contribution in [-0.2, 0) is 11.3 Å². The summed E-state index contributed by atoms with van der Waals surface area (Å²) in [5.74, 6) is 1.26. The molecule has 138 valence electrons. The predicted octanol–water partition coefficient (Wildman–Crippen LogP) is 2.70. The molecule has 0 aliphatic carbocycles. The van der Waals surface area contributed by atoms with Crippen LogP contribution in [-0.4, -0.2) is 31.2 Å². The average Bonchev–Trinajstić information content (AvgIpc) is 2.66. The zero-order valence-corrected chi connectivity index (χ0v) is 14.7. The minimum Gasteiger partial charge on any atom is -0.493 e. The van der Waals surface area contributed by atoms with Gasteiger partial charge in [-0.2, -0.15) is 0 Å². The lowest BCUT2D eigenvalue weighted by Gasteiger charge is -2.15. The van der Waals surface area contributed by atoms with Crippen LogP contribution in [0.15, 0.2) is 42.5 Å². The third-order valence-electron chi connectivity index (χ3n) is 3.64. The molecule has 0 saturated carbocycles. The van der Waals surface area contributed by atoms with Crippen LogP contribution in [0.25, 0.3) is 0 Å². The number of methoxy groups -OCH3 is 2. The van der Waals surface area contributed by atoms with Gasteiger partial charge in [-0.1, -0.05) is 6.07 Å². The highest BCUT2D eigenvalue weighted by atomic mass is 16.6. The molecule has 2 aromatic carbocycles. The maximum absolute atomic E-state index is 12.2. The monoisotopic (exact) mass is 360 g/mol. The normalized spacial score (nSPS) is 11.3. The van der Waals surface area contributed by atoms with E-state index in [4.69, 9.17) is 14.2 Å². The maximum Gasteiger partial charge on any atom is 0.269 e. The summed E-state index contributed by atoms with van der Waals surface area (Å²) >= 11 is 0. The number of amides is 1. The number of ether oxygens (including phenoxy) is 3.